The van der Waals surface area contributed by atoms with E-state index in [-0.39, 0.29) is 24.4 Å². The molecular formula is C21H23BrFNO2. The summed E-state index contributed by atoms with van der Waals surface area (Å²) >= 11 is 3.43. The zero-order chi connectivity index (χ0) is 18.7. The van der Waals surface area contributed by atoms with Gasteiger partial charge in [-0.3, -0.25) is 4.79 Å². The van der Waals surface area contributed by atoms with E-state index in [0.29, 0.717) is 19.4 Å². The van der Waals surface area contributed by atoms with Crippen LogP contribution in [0, 0.1) is 5.82 Å². The number of carbonyl (C=O) groups excluding carboxylic acids is 1. The van der Waals surface area contributed by atoms with Gasteiger partial charge in [0, 0.05) is 29.5 Å². The van der Waals surface area contributed by atoms with Crippen LogP contribution in [0.1, 0.15) is 43.4 Å². The molecule has 0 spiro atoms. The van der Waals surface area contributed by atoms with Crippen LogP contribution in [-0.4, -0.2) is 29.1 Å². The van der Waals surface area contributed by atoms with Crippen LogP contribution in [0.2, 0.25) is 0 Å². The number of halogens is 2. The second-order valence-corrected chi connectivity index (χ2v) is 7.92. The lowest BCUT2D eigenvalue weighted by molar-refractivity contribution is -0.138. The molecule has 2 atom stereocenters. The van der Waals surface area contributed by atoms with E-state index < -0.39 is 5.41 Å². The van der Waals surface area contributed by atoms with Crippen LogP contribution in [-0.2, 0) is 10.2 Å². The molecule has 1 saturated heterocycles. The van der Waals surface area contributed by atoms with Gasteiger partial charge in [-0.15, -0.1) is 0 Å². The van der Waals surface area contributed by atoms with Gasteiger partial charge in [0.2, 0.25) is 5.91 Å². The third-order valence-electron chi connectivity index (χ3n) is 5.51. The minimum Gasteiger partial charge on any atom is -0.396 e. The number of piperidine rings is 1. The van der Waals surface area contributed by atoms with Crippen LogP contribution >= 0.6 is 15.9 Å². The van der Waals surface area contributed by atoms with E-state index in [1.807, 2.05) is 36.1 Å². The Labute approximate surface area is 162 Å². The first-order valence-corrected chi connectivity index (χ1v) is 9.66. The van der Waals surface area contributed by atoms with Gasteiger partial charge in [0.1, 0.15) is 5.82 Å². The summed E-state index contributed by atoms with van der Waals surface area (Å²) in [6.45, 7) is 2.67. The lowest BCUT2D eigenvalue weighted by Crippen LogP contribution is -2.47. The number of hydrogen-bond donors (Lipinski definition) is 1. The summed E-state index contributed by atoms with van der Waals surface area (Å²) in [6.07, 6.45) is 1.59. The van der Waals surface area contributed by atoms with Gasteiger partial charge in [-0.1, -0.05) is 40.2 Å². The third kappa shape index (κ3) is 3.84. The molecule has 0 unspecified atom stereocenters. The largest absolute Gasteiger partial charge is 0.396 e. The number of likely N-dealkylation sites (tertiary alicyclic amines) is 1. The second kappa shape index (κ2) is 7.89. The van der Waals surface area contributed by atoms with Gasteiger partial charge in [0.05, 0.1) is 6.04 Å². The van der Waals surface area contributed by atoms with E-state index in [1.54, 1.807) is 12.1 Å². The van der Waals surface area contributed by atoms with E-state index in [9.17, 15) is 14.3 Å². The van der Waals surface area contributed by atoms with Crippen molar-refractivity contribution in [2.24, 2.45) is 0 Å². The Hall–Kier alpha value is -1.72. The zero-order valence-electron chi connectivity index (χ0n) is 14.8. The SMILES string of the molecule is C[C@@H](c1ccc(Br)cc1)N1CC[C@](CCO)(c2ccc(F)cc2)CC1=O. The Morgan fingerprint density at radius 1 is 1.19 bits per heavy atom. The van der Waals surface area contributed by atoms with Gasteiger partial charge in [0.25, 0.3) is 0 Å². The fourth-order valence-electron chi connectivity index (χ4n) is 3.89. The van der Waals surface area contributed by atoms with Crippen LogP contribution in [0.5, 0.6) is 0 Å². The number of aliphatic hydroxyl groups excluding tert-OH is 1. The maximum atomic E-state index is 13.3. The van der Waals surface area contributed by atoms with Crippen LogP contribution in [0.3, 0.4) is 0 Å². The van der Waals surface area contributed by atoms with E-state index in [1.165, 1.54) is 12.1 Å². The predicted molar refractivity (Wildman–Crippen MR) is 103 cm³/mol. The van der Waals surface area contributed by atoms with E-state index in [0.717, 1.165) is 22.0 Å². The average Bonchev–Trinajstić information content (AvgIpc) is 2.63. The van der Waals surface area contributed by atoms with Gasteiger partial charge >= 0.3 is 0 Å². The highest BCUT2D eigenvalue weighted by Crippen LogP contribution is 2.41. The molecule has 1 aliphatic heterocycles. The summed E-state index contributed by atoms with van der Waals surface area (Å²) in [5, 5.41) is 9.56. The Balaban J connectivity index is 1.81. The van der Waals surface area contributed by atoms with Gasteiger partial charge in [-0.05, 0) is 55.2 Å². The standard InChI is InChI=1S/C21H23BrFNO2/c1-15(16-2-6-18(22)7-3-16)24-12-10-21(11-13-25,14-20(24)26)17-4-8-19(23)9-5-17/h2-9,15,25H,10-14H2,1H3/t15-,21+/m0/s1. The number of rotatable bonds is 5. The van der Waals surface area contributed by atoms with Crippen molar-refractivity contribution in [2.75, 3.05) is 13.2 Å². The van der Waals surface area contributed by atoms with E-state index >= 15 is 0 Å². The van der Waals surface area contributed by atoms with Gasteiger partial charge in [-0.25, -0.2) is 4.39 Å². The maximum absolute atomic E-state index is 13.3. The number of hydrogen-bond acceptors (Lipinski definition) is 2. The van der Waals surface area contributed by atoms with Gasteiger partial charge in [0.15, 0.2) is 0 Å². The molecule has 3 nitrogen and oxygen atoms in total. The molecule has 0 aromatic heterocycles. The molecule has 2 aromatic rings. The van der Waals surface area contributed by atoms with E-state index in [4.69, 9.17) is 0 Å². The minimum absolute atomic E-state index is 0.00376. The Morgan fingerprint density at radius 3 is 2.42 bits per heavy atom. The summed E-state index contributed by atoms with van der Waals surface area (Å²) in [5.74, 6) is -0.218. The molecule has 0 bridgehead atoms. The van der Waals surface area contributed by atoms with Crippen LogP contribution < -0.4 is 0 Å². The molecule has 0 aliphatic carbocycles. The maximum Gasteiger partial charge on any atom is 0.223 e. The van der Waals surface area contributed by atoms with Gasteiger partial charge in [-0.2, -0.15) is 0 Å². The topological polar surface area (TPSA) is 40.5 Å². The van der Waals surface area contributed by atoms with Crippen LogP contribution in [0.15, 0.2) is 53.0 Å². The number of benzene rings is 2. The number of carbonyl (C=O) groups is 1. The molecule has 1 heterocycles. The van der Waals surface area contributed by atoms with Crippen molar-refractivity contribution in [3.8, 4) is 0 Å². The molecule has 1 N–H and O–H groups in total. The smallest absolute Gasteiger partial charge is 0.223 e. The van der Waals surface area contributed by atoms with Crippen molar-refractivity contribution in [3.05, 3.63) is 69.9 Å². The molecule has 0 radical (unpaired) electrons. The number of aliphatic hydroxyl groups is 1. The van der Waals surface area contributed by atoms with Crippen molar-refractivity contribution in [2.45, 2.75) is 37.6 Å². The fourth-order valence-corrected chi connectivity index (χ4v) is 4.16. The molecule has 1 amide bonds. The van der Waals surface area contributed by atoms with Crippen molar-refractivity contribution in [1.29, 1.82) is 0 Å². The van der Waals surface area contributed by atoms with Crippen molar-refractivity contribution in [3.63, 3.8) is 0 Å². The number of amides is 1. The molecule has 138 valence electrons. The summed E-state index contributed by atoms with van der Waals surface area (Å²) in [5.41, 5.74) is 1.60. The van der Waals surface area contributed by atoms with Crippen molar-refractivity contribution in [1.82, 2.24) is 4.90 Å². The lowest BCUT2D eigenvalue weighted by Gasteiger charge is -2.43. The second-order valence-electron chi connectivity index (χ2n) is 7.00. The normalized spacial score (nSPS) is 21.7. The van der Waals surface area contributed by atoms with Crippen LogP contribution in [0.4, 0.5) is 4.39 Å². The first kappa shape index (κ1) is 19.1. The number of nitrogens with zero attached hydrogens (tertiary/aromatic N) is 1. The first-order valence-electron chi connectivity index (χ1n) is 8.87. The molecule has 5 heteroatoms. The molecule has 1 aliphatic rings. The average molecular weight is 420 g/mol. The molecule has 2 aromatic carbocycles. The molecule has 0 saturated carbocycles. The van der Waals surface area contributed by atoms with E-state index in [2.05, 4.69) is 15.9 Å². The highest BCUT2D eigenvalue weighted by molar-refractivity contribution is 9.10. The van der Waals surface area contributed by atoms with Crippen LogP contribution in [0.25, 0.3) is 0 Å². The first-order chi connectivity index (χ1) is 12.4. The monoisotopic (exact) mass is 419 g/mol. The summed E-state index contributed by atoms with van der Waals surface area (Å²) in [6, 6.07) is 14.3. The Morgan fingerprint density at radius 2 is 1.85 bits per heavy atom. The quantitative estimate of drug-likeness (QED) is 0.769. The van der Waals surface area contributed by atoms with Crippen molar-refractivity contribution >= 4 is 21.8 Å². The summed E-state index contributed by atoms with van der Waals surface area (Å²) in [7, 11) is 0. The highest BCUT2D eigenvalue weighted by Gasteiger charge is 2.41. The fraction of sp³-hybridized carbons (Fsp3) is 0.381. The highest BCUT2D eigenvalue weighted by atomic mass is 79.9. The Bertz CT molecular complexity index is 763. The lowest BCUT2D eigenvalue weighted by atomic mass is 9.70. The van der Waals surface area contributed by atoms with Gasteiger partial charge < -0.3 is 10.0 Å². The minimum atomic E-state index is -0.421. The predicted octanol–water partition coefficient (Wildman–Crippen LogP) is 4.59. The summed E-state index contributed by atoms with van der Waals surface area (Å²) < 4.78 is 14.3. The third-order valence-corrected chi connectivity index (χ3v) is 6.04. The Kier molecular flexibility index (Phi) is 5.78. The molecule has 3 rings (SSSR count). The molecular weight excluding hydrogens is 397 g/mol. The summed E-state index contributed by atoms with van der Waals surface area (Å²) in [4.78, 5) is 14.9. The molecule has 1 fully saturated rings. The zero-order valence-corrected chi connectivity index (χ0v) is 16.4. The van der Waals surface area contributed by atoms with Crippen molar-refractivity contribution < 1.29 is 14.3 Å². The molecule has 26 heavy (non-hydrogen) atoms.